The number of thioether (sulfide) groups is 1. The van der Waals surface area contributed by atoms with E-state index in [1.165, 1.54) is 0 Å². The van der Waals surface area contributed by atoms with Crippen molar-refractivity contribution in [1.82, 2.24) is 9.97 Å². The van der Waals surface area contributed by atoms with Gasteiger partial charge in [-0.3, -0.25) is 0 Å². The molecule has 0 bridgehead atoms. The number of aliphatic hydroxyl groups is 1. The van der Waals surface area contributed by atoms with Crippen molar-refractivity contribution >= 4 is 28.8 Å². The molecule has 6 heteroatoms. The van der Waals surface area contributed by atoms with Gasteiger partial charge in [-0.25, -0.2) is 9.78 Å². The van der Waals surface area contributed by atoms with Crippen LogP contribution in [-0.4, -0.2) is 33.4 Å². The molecule has 0 amide bonds. The predicted molar refractivity (Wildman–Crippen MR) is 108 cm³/mol. The van der Waals surface area contributed by atoms with Crippen LogP contribution in [-0.2, 0) is 16.0 Å². The maximum atomic E-state index is 12.1. The maximum absolute atomic E-state index is 12.1. The fourth-order valence-corrected chi connectivity index (χ4v) is 3.62. The number of para-hydroxylation sites is 2. The number of aromatic amines is 1. The molecule has 5 nitrogen and oxygen atoms in total. The summed E-state index contributed by atoms with van der Waals surface area (Å²) in [4.78, 5) is 19.8. The quantitative estimate of drug-likeness (QED) is 0.327. The highest BCUT2D eigenvalue weighted by molar-refractivity contribution is 7.99. The summed E-state index contributed by atoms with van der Waals surface area (Å²) in [5.74, 6) is 0.173. The fraction of sp³-hybridized carbons (Fsp3) is 0.333. The van der Waals surface area contributed by atoms with E-state index >= 15 is 0 Å². The van der Waals surface area contributed by atoms with Gasteiger partial charge in [-0.05, 0) is 36.1 Å². The Hall–Kier alpha value is -2.31. The highest BCUT2D eigenvalue weighted by Gasteiger charge is 2.19. The Kier molecular flexibility index (Phi) is 6.90. The second-order valence-electron chi connectivity index (χ2n) is 6.33. The van der Waals surface area contributed by atoms with Crippen LogP contribution in [0, 0.1) is 0 Å². The lowest BCUT2D eigenvalue weighted by Crippen LogP contribution is -2.16. The van der Waals surface area contributed by atoms with Gasteiger partial charge in [0.1, 0.15) is 0 Å². The number of hydrogen-bond donors (Lipinski definition) is 2. The average Bonchev–Trinajstić information content (AvgIpc) is 3.10. The van der Waals surface area contributed by atoms with Crippen LogP contribution in [0.4, 0.5) is 0 Å². The summed E-state index contributed by atoms with van der Waals surface area (Å²) in [5, 5.41) is 11.1. The molecule has 0 aliphatic rings. The monoisotopic (exact) mass is 384 g/mol. The topological polar surface area (TPSA) is 75.2 Å². The Balaban J connectivity index is 1.41. The van der Waals surface area contributed by atoms with Crippen LogP contribution in [0.25, 0.3) is 11.0 Å². The number of rotatable bonds is 9. The average molecular weight is 385 g/mol. The number of hydrogen-bond acceptors (Lipinski definition) is 5. The zero-order chi connectivity index (χ0) is 19.1. The number of esters is 1. The molecule has 1 atom stereocenters. The first-order valence-corrected chi connectivity index (χ1v) is 10.2. The van der Waals surface area contributed by atoms with Crippen molar-refractivity contribution in [1.29, 1.82) is 0 Å². The minimum atomic E-state index is -1.23. The van der Waals surface area contributed by atoms with Crippen LogP contribution in [0.1, 0.15) is 37.0 Å². The number of carbonyl (C=O) groups excluding carboxylic acids is 1. The molecule has 0 aliphatic carbocycles. The Morgan fingerprint density at radius 2 is 2.11 bits per heavy atom. The lowest BCUT2D eigenvalue weighted by atomic mass is 10.0. The molecular formula is C21H24N2O3S. The molecule has 0 spiro atoms. The molecular weight excluding hydrogens is 360 g/mol. The van der Waals surface area contributed by atoms with Gasteiger partial charge in [-0.1, -0.05) is 61.5 Å². The largest absolute Gasteiger partial charge is 0.463 e. The van der Waals surface area contributed by atoms with E-state index in [2.05, 4.69) is 16.9 Å². The van der Waals surface area contributed by atoms with Crippen molar-refractivity contribution in [2.45, 2.75) is 37.4 Å². The van der Waals surface area contributed by atoms with Crippen molar-refractivity contribution in [3.63, 3.8) is 0 Å². The van der Waals surface area contributed by atoms with E-state index in [-0.39, 0.29) is 6.61 Å². The molecule has 27 heavy (non-hydrogen) atoms. The van der Waals surface area contributed by atoms with Crippen LogP contribution in [0.2, 0.25) is 0 Å². The summed E-state index contributed by atoms with van der Waals surface area (Å²) < 4.78 is 5.22. The number of ether oxygens (including phenoxy) is 1. The maximum Gasteiger partial charge on any atom is 0.339 e. The molecule has 1 unspecified atom stereocenters. The van der Waals surface area contributed by atoms with Gasteiger partial charge in [0.15, 0.2) is 11.3 Å². The minimum absolute atomic E-state index is 0.276. The van der Waals surface area contributed by atoms with Crippen LogP contribution in [0.3, 0.4) is 0 Å². The van der Waals surface area contributed by atoms with E-state index in [4.69, 9.17) is 4.74 Å². The van der Waals surface area contributed by atoms with E-state index in [1.807, 2.05) is 42.5 Å². The molecule has 0 saturated carbocycles. The lowest BCUT2D eigenvalue weighted by Gasteiger charge is -2.12. The highest BCUT2D eigenvalue weighted by Crippen LogP contribution is 2.20. The SMILES string of the molecule is CCCc1cccc(C(O)C(=O)OCCCSc2nc3ccccc3[nH]2)c1. The predicted octanol–water partition coefficient (Wildman–Crippen LogP) is 4.27. The van der Waals surface area contributed by atoms with E-state index in [1.54, 1.807) is 17.8 Å². The number of imidazole rings is 1. The standard InChI is InChI=1S/C21H24N2O3S/c1-2-7-15-8-5-9-16(14-15)19(24)20(25)26-12-6-13-27-21-22-17-10-3-4-11-18(17)23-21/h3-5,8-11,14,19,24H,2,6-7,12-13H2,1H3,(H,22,23). The molecule has 1 aromatic heterocycles. The minimum Gasteiger partial charge on any atom is -0.463 e. The number of aliphatic hydroxyl groups excluding tert-OH is 1. The Labute approximate surface area is 163 Å². The van der Waals surface area contributed by atoms with Gasteiger partial charge < -0.3 is 14.8 Å². The second kappa shape index (κ2) is 9.58. The number of aryl methyl sites for hydroxylation is 1. The Bertz CT molecular complexity index is 861. The number of nitrogens with one attached hydrogen (secondary N) is 1. The first-order valence-electron chi connectivity index (χ1n) is 9.18. The van der Waals surface area contributed by atoms with Crippen molar-refractivity contribution in [2.24, 2.45) is 0 Å². The van der Waals surface area contributed by atoms with Crippen LogP contribution in [0.15, 0.2) is 53.7 Å². The van der Waals surface area contributed by atoms with Crippen molar-refractivity contribution in [3.05, 3.63) is 59.7 Å². The summed E-state index contributed by atoms with van der Waals surface area (Å²) in [6.07, 6.45) is 1.40. The first kappa shape index (κ1) is 19.5. The smallest absolute Gasteiger partial charge is 0.339 e. The van der Waals surface area contributed by atoms with Crippen LogP contribution >= 0.6 is 11.8 Å². The molecule has 2 N–H and O–H groups in total. The van der Waals surface area contributed by atoms with E-state index in [9.17, 15) is 9.90 Å². The van der Waals surface area contributed by atoms with Gasteiger partial charge in [0.25, 0.3) is 0 Å². The van der Waals surface area contributed by atoms with Gasteiger partial charge in [-0.15, -0.1) is 0 Å². The van der Waals surface area contributed by atoms with E-state index < -0.39 is 12.1 Å². The molecule has 0 fully saturated rings. The molecule has 0 radical (unpaired) electrons. The molecule has 142 valence electrons. The van der Waals surface area contributed by atoms with Crippen molar-refractivity contribution < 1.29 is 14.6 Å². The van der Waals surface area contributed by atoms with Gasteiger partial charge in [0.05, 0.1) is 17.6 Å². The number of carbonyl (C=O) groups is 1. The first-order chi connectivity index (χ1) is 13.2. The number of H-pyrrole nitrogens is 1. The third-order valence-electron chi connectivity index (χ3n) is 4.17. The van der Waals surface area contributed by atoms with Crippen molar-refractivity contribution in [2.75, 3.05) is 12.4 Å². The van der Waals surface area contributed by atoms with Gasteiger partial charge in [0.2, 0.25) is 0 Å². The number of aromatic nitrogens is 2. The number of nitrogens with zero attached hydrogens (tertiary/aromatic N) is 1. The normalized spacial score (nSPS) is 12.2. The number of benzene rings is 2. The molecule has 0 saturated heterocycles. The van der Waals surface area contributed by atoms with Crippen LogP contribution < -0.4 is 0 Å². The molecule has 0 aliphatic heterocycles. The van der Waals surface area contributed by atoms with Crippen molar-refractivity contribution in [3.8, 4) is 0 Å². The van der Waals surface area contributed by atoms with E-state index in [0.717, 1.165) is 40.3 Å². The zero-order valence-electron chi connectivity index (χ0n) is 15.4. The summed E-state index contributed by atoms with van der Waals surface area (Å²) in [6.45, 7) is 2.37. The highest BCUT2D eigenvalue weighted by atomic mass is 32.2. The lowest BCUT2D eigenvalue weighted by molar-refractivity contribution is -0.153. The number of fused-ring (bicyclic) bond motifs is 1. The van der Waals surface area contributed by atoms with Gasteiger partial charge in [-0.2, -0.15) is 0 Å². The third-order valence-corrected chi connectivity index (χ3v) is 5.13. The molecule has 3 rings (SSSR count). The Morgan fingerprint density at radius 1 is 1.26 bits per heavy atom. The van der Waals surface area contributed by atoms with Gasteiger partial charge >= 0.3 is 5.97 Å². The molecule has 3 aromatic rings. The zero-order valence-corrected chi connectivity index (χ0v) is 16.2. The second-order valence-corrected chi connectivity index (χ2v) is 7.41. The van der Waals surface area contributed by atoms with Gasteiger partial charge in [0, 0.05) is 5.75 Å². The fourth-order valence-electron chi connectivity index (χ4n) is 2.82. The van der Waals surface area contributed by atoms with E-state index in [0.29, 0.717) is 12.0 Å². The summed E-state index contributed by atoms with van der Waals surface area (Å²) in [5.41, 5.74) is 3.66. The summed E-state index contributed by atoms with van der Waals surface area (Å²) >= 11 is 1.59. The molecule has 2 aromatic carbocycles. The Morgan fingerprint density at radius 3 is 2.93 bits per heavy atom. The summed E-state index contributed by atoms with van der Waals surface area (Å²) in [6, 6.07) is 15.4. The summed E-state index contributed by atoms with van der Waals surface area (Å²) in [7, 11) is 0. The van der Waals surface area contributed by atoms with Crippen LogP contribution in [0.5, 0.6) is 0 Å². The molecule has 1 heterocycles. The third kappa shape index (κ3) is 5.34.